The smallest absolute Gasteiger partial charge is 0.326 e. The lowest BCUT2D eigenvalue weighted by Crippen LogP contribution is -2.41. The SMILES string of the molecule is CC(C(=O)O)N1C(=O)CSC1c1ccccc1Cl. The predicted octanol–water partition coefficient (Wildman–Crippen LogP) is 2.39. The van der Waals surface area contributed by atoms with Crippen LogP contribution in [0.2, 0.25) is 5.02 Å². The van der Waals surface area contributed by atoms with Crippen LogP contribution in [-0.2, 0) is 9.59 Å². The minimum atomic E-state index is -1.01. The number of hydrogen-bond donors (Lipinski definition) is 1. The van der Waals surface area contributed by atoms with Gasteiger partial charge in [0.25, 0.3) is 0 Å². The molecule has 2 unspecified atom stereocenters. The highest BCUT2D eigenvalue weighted by molar-refractivity contribution is 8.00. The minimum Gasteiger partial charge on any atom is -0.480 e. The quantitative estimate of drug-likeness (QED) is 0.926. The maximum Gasteiger partial charge on any atom is 0.326 e. The van der Waals surface area contributed by atoms with E-state index in [2.05, 4.69) is 0 Å². The largest absolute Gasteiger partial charge is 0.480 e. The zero-order valence-corrected chi connectivity index (χ0v) is 11.2. The molecule has 96 valence electrons. The number of benzene rings is 1. The van der Waals surface area contributed by atoms with E-state index in [9.17, 15) is 9.59 Å². The van der Waals surface area contributed by atoms with Gasteiger partial charge in [-0.2, -0.15) is 0 Å². The normalized spacial score (nSPS) is 21.1. The maximum absolute atomic E-state index is 11.8. The molecule has 1 aromatic carbocycles. The van der Waals surface area contributed by atoms with Crippen molar-refractivity contribution in [3.05, 3.63) is 34.9 Å². The Hall–Kier alpha value is -1.20. The summed E-state index contributed by atoms with van der Waals surface area (Å²) in [6, 6.07) is 6.34. The van der Waals surface area contributed by atoms with Crippen molar-refractivity contribution in [2.75, 3.05) is 5.75 Å². The number of nitrogens with zero attached hydrogens (tertiary/aromatic N) is 1. The summed E-state index contributed by atoms with van der Waals surface area (Å²) in [5, 5.41) is 9.28. The molecule has 0 aromatic heterocycles. The first-order valence-corrected chi connectivity index (χ1v) is 6.85. The van der Waals surface area contributed by atoms with E-state index in [-0.39, 0.29) is 17.0 Å². The molecule has 1 amide bonds. The van der Waals surface area contributed by atoms with Crippen LogP contribution in [0.1, 0.15) is 17.9 Å². The molecule has 1 aromatic rings. The van der Waals surface area contributed by atoms with Crippen molar-refractivity contribution in [3.8, 4) is 0 Å². The molecule has 2 atom stereocenters. The van der Waals surface area contributed by atoms with Crippen LogP contribution in [0.3, 0.4) is 0 Å². The monoisotopic (exact) mass is 285 g/mol. The molecular formula is C12H12ClNO3S. The van der Waals surface area contributed by atoms with E-state index in [1.54, 1.807) is 12.1 Å². The number of aliphatic carboxylic acids is 1. The number of carboxylic acids is 1. The average Bonchev–Trinajstić information content (AvgIpc) is 2.70. The molecule has 0 radical (unpaired) electrons. The fraction of sp³-hybridized carbons (Fsp3) is 0.333. The highest BCUT2D eigenvalue weighted by atomic mass is 35.5. The topological polar surface area (TPSA) is 57.6 Å². The average molecular weight is 286 g/mol. The predicted molar refractivity (Wildman–Crippen MR) is 70.6 cm³/mol. The van der Waals surface area contributed by atoms with Crippen molar-refractivity contribution in [3.63, 3.8) is 0 Å². The molecule has 1 heterocycles. The molecule has 1 saturated heterocycles. The first-order chi connectivity index (χ1) is 8.52. The Bertz CT molecular complexity index is 494. The lowest BCUT2D eigenvalue weighted by molar-refractivity contribution is -0.148. The summed E-state index contributed by atoms with van der Waals surface area (Å²) in [7, 11) is 0. The second-order valence-electron chi connectivity index (χ2n) is 4.00. The second kappa shape index (κ2) is 5.20. The molecule has 0 bridgehead atoms. The number of hydrogen-bond acceptors (Lipinski definition) is 3. The summed E-state index contributed by atoms with van der Waals surface area (Å²) in [4.78, 5) is 24.3. The summed E-state index contributed by atoms with van der Waals surface area (Å²) in [6.07, 6.45) is 0. The molecule has 4 nitrogen and oxygen atoms in total. The molecule has 6 heteroatoms. The van der Waals surface area contributed by atoms with Gasteiger partial charge in [-0.15, -0.1) is 11.8 Å². The van der Waals surface area contributed by atoms with Crippen molar-refractivity contribution in [1.82, 2.24) is 4.90 Å². The molecule has 1 aliphatic heterocycles. The molecule has 1 fully saturated rings. The van der Waals surface area contributed by atoms with Crippen LogP contribution in [0.4, 0.5) is 0 Å². The van der Waals surface area contributed by atoms with E-state index in [4.69, 9.17) is 16.7 Å². The molecule has 1 N–H and O–H groups in total. The maximum atomic E-state index is 11.8. The molecule has 0 saturated carbocycles. The Morgan fingerprint density at radius 2 is 2.22 bits per heavy atom. The molecular weight excluding hydrogens is 274 g/mol. The van der Waals surface area contributed by atoms with Gasteiger partial charge in [0.1, 0.15) is 11.4 Å². The summed E-state index contributed by atoms with van der Waals surface area (Å²) in [6.45, 7) is 1.51. The first-order valence-electron chi connectivity index (χ1n) is 5.42. The molecule has 2 rings (SSSR count). The number of rotatable bonds is 3. The molecule has 18 heavy (non-hydrogen) atoms. The molecule has 0 spiro atoms. The zero-order chi connectivity index (χ0) is 13.3. The van der Waals surface area contributed by atoms with Gasteiger partial charge in [-0.05, 0) is 13.0 Å². The van der Waals surface area contributed by atoms with E-state index in [1.807, 2.05) is 12.1 Å². The van der Waals surface area contributed by atoms with Gasteiger partial charge in [-0.25, -0.2) is 4.79 Å². The fourth-order valence-corrected chi connectivity index (χ4v) is 3.49. The summed E-state index contributed by atoms with van der Waals surface area (Å²) in [5.41, 5.74) is 0.781. The number of thioether (sulfide) groups is 1. The summed E-state index contributed by atoms with van der Waals surface area (Å²) in [5.74, 6) is -0.893. The Kier molecular flexibility index (Phi) is 3.82. The van der Waals surface area contributed by atoms with Gasteiger partial charge in [0.2, 0.25) is 5.91 Å². The van der Waals surface area contributed by atoms with Gasteiger partial charge in [-0.3, -0.25) is 4.79 Å². The van der Waals surface area contributed by atoms with E-state index in [0.29, 0.717) is 5.02 Å². The number of carbonyl (C=O) groups is 2. The van der Waals surface area contributed by atoms with E-state index >= 15 is 0 Å². The Morgan fingerprint density at radius 1 is 1.56 bits per heavy atom. The van der Waals surface area contributed by atoms with Crippen molar-refractivity contribution in [2.45, 2.75) is 18.3 Å². The van der Waals surface area contributed by atoms with E-state index < -0.39 is 12.0 Å². The number of halogens is 1. The molecule has 0 aliphatic carbocycles. The van der Waals surface area contributed by atoms with Gasteiger partial charge in [0.15, 0.2) is 0 Å². The van der Waals surface area contributed by atoms with Gasteiger partial charge >= 0.3 is 5.97 Å². The summed E-state index contributed by atoms with van der Waals surface area (Å²) < 4.78 is 0. The fourth-order valence-electron chi connectivity index (χ4n) is 1.89. The van der Waals surface area contributed by atoms with E-state index in [1.165, 1.54) is 23.6 Å². The van der Waals surface area contributed by atoms with Crippen LogP contribution in [0, 0.1) is 0 Å². The number of amides is 1. The van der Waals surface area contributed by atoms with Crippen LogP contribution < -0.4 is 0 Å². The van der Waals surface area contributed by atoms with Gasteiger partial charge in [0, 0.05) is 10.6 Å². The first kappa shape index (κ1) is 13.2. The van der Waals surface area contributed by atoms with E-state index in [0.717, 1.165) is 5.56 Å². The highest BCUT2D eigenvalue weighted by Crippen LogP contribution is 2.42. The Balaban J connectivity index is 2.35. The van der Waals surface area contributed by atoms with Crippen molar-refractivity contribution in [2.24, 2.45) is 0 Å². The van der Waals surface area contributed by atoms with Crippen LogP contribution >= 0.6 is 23.4 Å². The van der Waals surface area contributed by atoms with Gasteiger partial charge in [0.05, 0.1) is 5.75 Å². The third-order valence-electron chi connectivity index (χ3n) is 2.85. The van der Waals surface area contributed by atoms with Gasteiger partial charge < -0.3 is 10.0 Å². The van der Waals surface area contributed by atoms with Gasteiger partial charge in [-0.1, -0.05) is 29.8 Å². The standard InChI is InChI=1S/C12H12ClNO3S/c1-7(12(16)17)14-10(15)6-18-11(14)8-4-2-3-5-9(8)13/h2-5,7,11H,6H2,1H3,(H,16,17). The highest BCUT2D eigenvalue weighted by Gasteiger charge is 2.39. The Labute approximate surface area is 114 Å². The summed E-state index contributed by atoms with van der Waals surface area (Å²) >= 11 is 7.50. The van der Waals surface area contributed by atoms with Crippen molar-refractivity contribution < 1.29 is 14.7 Å². The number of carboxylic acid groups (broad SMARTS) is 1. The zero-order valence-electron chi connectivity index (χ0n) is 9.67. The second-order valence-corrected chi connectivity index (χ2v) is 5.48. The van der Waals surface area contributed by atoms with Crippen LogP contribution in [0.5, 0.6) is 0 Å². The lowest BCUT2D eigenvalue weighted by atomic mass is 10.1. The molecule has 1 aliphatic rings. The van der Waals surface area contributed by atoms with Crippen LogP contribution in [0.25, 0.3) is 0 Å². The Morgan fingerprint density at radius 3 is 2.83 bits per heavy atom. The third kappa shape index (κ3) is 2.33. The van der Waals surface area contributed by atoms with Crippen molar-refractivity contribution >= 4 is 35.2 Å². The third-order valence-corrected chi connectivity index (χ3v) is 4.41. The van der Waals surface area contributed by atoms with Crippen LogP contribution in [-0.4, -0.2) is 33.7 Å². The minimum absolute atomic E-state index is 0.167. The number of carbonyl (C=O) groups excluding carboxylic acids is 1. The lowest BCUT2D eigenvalue weighted by Gasteiger charge is -2.28. The van der Waals surface area contributed by atoms with Crippen LogP contribution in [0.15, 0.2) is 24.3 Å². The van der Waals surface area contributed by atoms with Crippen molar-refractivity contribution in [1.29, 1.82) is 0 Å².